The minimum atomic E-state index is 0.0338. The summed E-state index contributed by atoms with van der Waals surface area (Å²) in [6, 6.07) is 0.351. The van der Waals surface area contributed by atoms with E-state index in [0.29, 0.717) is 30.9 Å². The number of fused-ring (bicyclic) bond motifs is 1. The van der Waals surface area contributed by atoms with E-state index in [0.717, 1.165) is 54.9 Å². The molecule has 0 spiro atoms. The quantitative estimate of drug-likeness (QED) is 0.897. The summed E-state index contributed by atoms with van der Waals surface area (Å²) in [7, 11) is 1.94. The lowest BCUT2D eigenvalue weighted by Gasteiger charge is -2.31. The zero-order valence-corrected chi connectivity index (χ0v) is 15.8. The largest absolute Gasteiger partial charge is 0.335 e. The van der Waals surface area contributed by atoms with Gasteiger partial charge in [0, 0.05) is 43.2 Å². The molecule has 2 aromatic heterocycles. The van der Waals surface area contributed by atoms with Crippen molar-refractivity contribution in [2.75, 3.05) is 6.54 Å². The van der Waals surface area contributed by atoms with Crippen molar-refractivity contribution >= 4 is 6.03 Å². The summed E-state index contributed by atoms with van der Waals surface area (Å²) in [5.74, 6) is 1.70. The first kappa shape index (κ1) is 16.8. The van der Waals surface area contributed by atoms with Crippen molar-refractivity contribution in [3.8, 4) is 11.6 Å². The minimum Gasteiger partial charge on any atom is -0.335 e. The van der Waals surface area contributed by atoms with Gasteiger partial charge in [0.05, 0.1) is 6.54 Å². The molecule has 0 unspecified atom stereocenters. The monoisotopic (exact) mass is 370 g/mol. The van der Waals surface area contributed by atoms with Crippen molar-refractivity contribution in [2.24, 2.45) is 7.05 Å². The van der Waals surface area contributed by atoms with E-state index in [9.17, 15) is 4.79 Å². The van der Waals surface area contributed by atoms with Gasteiger partial charge in [-0.15, -0.1) is 0 Å². The molecule has 0 saturated heterocycles. The molecule has 2 saturated carbocycles. The summed E-state index contributed by atoms with van der Waals surface area (Å²) >= 11 is 0. The van der Waals surface area contributed by atoms with E-state index in [1.165, 1.54) is 19.3 Å². The number of nitrogens with zero attached hydrogens (tertiary/aromatic N) is 5. The SMILES string of the molecule is Cn1nc(-c2nc(C3CC3)no2)c2c1CCN(C(=O)NC1CCCCC1)C2. The van der Waals surface area contributed by atoms with Crippen LogP contribution in [0, 0.1) is 0 Å². The Morgan fingerprint density at radius 3 is 2.78 bits per heavy atom. The van der Waals surface area contributed by atoms with E-state index < -0.39 is 0 Å². The van der Waals surface area contributed by atoms with Crippen LogP contribution in [0.4, 0.5) is 4.79 Å². The molecule has 0 atom stereocenters. The Bertz CT molecular complexity index is 847. The molecule has 1 N–H and O–H groups in total. The molecule has 8 heteroatoms. The molecule has 2 aromatic rings. The third-order valence-corrected chi connectivity index (χ3v) is 6.05. The first-order valence-corrected chi connectivity index (χ1v) is 10.1. The molecule has 2 fully saturated rings. The second-order valence-electron chi connectivity index (χ2n) is 8.09. The Balaban J connectivity index is 1.35. The normalized spacial score (nSPS) is 20.6. The number of rotatable bonds is 3. The number of nitrogens with one attached hydrogen (secondary N) is 1. The van der Waals surface area contributed by atoms with E-state index in [-0.39, 0.29) is 6.03 Å². The second kappa shape index (κ2) is 6.65. The number of carbonyl (C=O) groups excluding carboxylic acids is 1. The standard InChI is InChI=1S/C19H26N6O2/c1-24-15-9-10-25(19(26)20-13-5-3-2-4-6-13)11-14(15)16(22-24)18-21-17(23-27-18)12-7-8-12/h12-13H,2-11H2,1H3,(H,20,26). The van der Waals surface area contributed by atoms with Crippen molar-refractivity contribution in [1.29, 1.82) is 0 Å². The zero-order valence-electron chi connectivity index (χ0n) is 15.8. The van der Waals surface area contributed by atoms with Gasteiger partial charge in [-0.1, -0.05) is 24.4 Å². The summed E-state index contributed by atoms with van der Waals surface area (Å²) in [5, 5.41) is 12.0. The smallest absolute Gasteiger partial charge is 0.317 e. The maximum Gasteiger partial charge on any atom is 0.317 e. The van der Waals surface area contributed by atoms with Crippen molar-refractivity contribution in [3.63, 3.8) is 0 Å². The fourth-order valence-electron chi connectivity index (χ4n) is 4.29. The Morgan fingerprint density at radius 1 is 1.19 bits per heavy atom. The summed E-state index contributed by atoms with van der Waals surface area (Å²) in [5.41, 5.74) is 2.91. The summed E-state index contributed by atoms with van der Waals surface area (Å²) in [6.45, 7) is 1.25. The van der Waals surface area contributed by atoms with Crippen molar-refractivity contribution in [1.82, 2.24) is 30.1 Å². The van der Waals surface area contributed by atoms with Crippen molar-refractivity contribution in [2.45, 2.75) is 69.9 Å². The maximum absolute atomic E-state index is 12.8. The summed E-state index contributed by atoms with van der Waals surface area (Å²) in [4.78, 5) is 19.2. The van der Waals surface area contributed by atoms with Crippen LogP contribution >= 0.6 is 0 Å². The van der Waals surface area contributed by atoms with Crippen LogP contribution in [0.15, 0.2) is 4.52 Å². The summed E-state index contributed by atoms with van der Waals surface area (Å²) in [6.07, 6.45) is 8.95. The second-order valence-corrected chi connectivity index (χ2v) is 8.09. The van der Waals surface area contributed by atoms with Gasteiger partial charge in [0.2, 0.25) is 0 Å². The highest BCUT2D eigenvalue weighted by atomic mass is 16.5. The molecular formula is C19H26N6O2. The fraction of sp³-hybridized carbons (Fsp3) is 0.684. The Morgan fingerprint density at radius 2 is 2.00 bits per heavy atom. The molecule has 1 aliphatic heterocycles. The van der Waals surface area contributed by atoms with Gasteiger partial charge < -0.3 is 14.7 Å². The molecule has 5 rings (SSSR count). The average molecular weight is 370 g/mol. The molecule has 0 aromatic carbocycles. The number of amides is 2. The van der Waals surface area contributed by atoms with Crippen molar-refractivity contribution in [3.05, 3.63) is 17.1 Å². The molecule has 3 aliphatic rings. The lowest BCUT2D eigenvalue weighted by molar-refractivity contribution is 0.184. The van der Waals surface area contributed by atoms with E-state index >= 15 is 0 Å². The van der Waals surface area contributed by atoms with Gasteiger partial charge in [0.15, 0.2) is 11.5 Å². The topological polar surface area (TPSA) is 89.1 Å². The number of urea groups is 1. The Hall–Kier alpha value is -2.38. The third-order valence-electron chi connectivity index (χ3n) is 6.05. The van der Waals surface area contributed by atoms with Gasteiger partial charge in [0.25, 0.3) is 5.89 Å². The van der Waals surface area contributed by atoms with E-state index in [1.54, 1.807) is 0 Å². The van der Waals surface area contributed by atoms with E-state index in [4.69, 9.17) is 4.52 Å². The first-order chi connectivity index (χ1) is 13.2. The first-order valence-electron chi connectivity index (χ1n) is 10.1. The molecule has 0 radical (unpaired) electrons. The van der Waals surface area contributed by atoms with Gasteiger partial charge >= 0.3 is 6.03 Å². The number of hydrogen-bond donors (Lipinski definition) is 1. The fourth-order valence-corrected chi connectivity index (χ4v) is 4.29. The molecule has 0 bridgehead atoms. The third kappa shape index (κ3) is 3.21. The molecule has 2 amide bonds. The maximum atomic E-state index is 12.8. The van der Waals surface area contributed by atoms with Gasteiger partial charge in [-0.25, -0.2) is 4.79 Å². The highest BCUT2D eigenvalue weighted by Crippen LogP contribution is 2.39. The number of hydrogen-bond acceptors (Lipinski definition) is 5. The lowest BCUT2D eigenvalue weighted by Crippen LogP contribution is -2.47. The van der Waals surface area contributed by atoms with Gasteiger partial charge in [-0.05, 0) is 25.7 Å². The van der Waals surface area contributed by atoms with Crippen LogP contribution in [0.5, 0.6) is 0 Å². The Kier molecular flexibility index (Phi) is 4.13. The van der Waals surface area contributed by atoms with Gasteiger partial charge in [-0.3, -0.25) is 4.68 Å². The van der Waals surface area contributed by atoms with Crippen LogP contribution in [0.3, 0.4) is 0 Å². The molecule has 3 heterocycles. The van der Waals surface area contributed by atoms with Crippen LogP contribution in [0.2, 0.25) is 0 Å². The van der Waals surface area contributed by atoms with Crippen LogP contribution in [0.25, 0.3) is 11.6 Å². The highest BCUT2D eigenvalue weighted by Gasteiger charge is 2.33. The number of carbonyl (C=O) groups is 1. The predicted molar refractivity (Wildman–Crippen MR) is 98.0 cm³/mol. The Labute approximate surface area is 158 Å². The van der Waals surface area contributed by atoms with Gasteiger partial charge in [0.1, 0.15) is 0 Å². The molecule has 144 valence electrons. The minimum absolute atomic E-state index is 0.0338. The summed E-state index contributed by atoms with van der Waals surface area (Å²) < 4.78 is 7.38. The molecule has 27 heavy (non-hydrogen) atoms. The van der Waals surface area contributed by atoms with E-state index in [2.05, 4.69) is 20.6 Å². The zero-order chi connectivity index (χ0) is 18.4. The molecular weight excluding hydrogens is 344 g/mol. The molecule has 2 aliphatic carbocycles. The van der Waals surface area contributed by atoms with Crippen LogP contribution < -0.4 is 5.32 Å². The highest BCUT2D eigenvalue weighted by molar-refractivity contribution is 5.75. The lowest BCUT2D eigenvalue weighted by atomic mass is 9.95. The van der Waals surface area contributed by atoms with Crippen LogP contribution in [0.1, 0.15) is 67.9 Å². The number of aromatic nitrogens is 4. The van der Waals surface area contributed by atoms with Gasteiger partial charge in [-0.2, -0.15) is 10.1 Å². The number of aryl methyl sites for hydroxylation is 1. The molecule has 8 nitrogen and oxygen atoms in total. The predicted octanol–water partition coefficient (Wildman–Crippen LogP) is 2.75. The van der Waals surface area contributed by atoms with Crippen molar-refractivity contribution < 1.29 is 9.32 Å². The van der Waals surface area contributed by atoms with Crippen LogP contribution in [-0.2, 0) is 20.0 Å². The van der Waals surface area contributed by atoms with E-state index in [1.807, 2.05) is 16.6 Å². The average Bonchev–Trinajstić information content (AvgIpc) is 3.33. The van der Waals surface area contributed by atoms with Crippen LogP contribution in [-0.4, -0.2) is 43.4 Å².